The first-order valence-electron chi connectivity index (χ1n) is 6.71. The number of ether oxygens (including phenoxy) is 1. The van der Waals surface area contributed by atoms with Gasteiger partial charge in [0.25, 0.3) is 0 Å². The number of methoxy groups -OCH3 is 1. The number of hydrogen-bond acceptors (Lipinski definition) is 6. The maximum absolute atomic E-state index is 5.24. The normalized spacial score (nSPS) is 16.2. The van der Waals surface area contributed by atoms with Crippen LogP contribution in [0.5, 0.6) is 5.75 Å². The largest absolute Gasteiger partial charge is 0.497 e. The van der Waals surface area contributed by atoms with Crippen molar-refractivity contribution in [2.24, 2.45) is 0 Å². The second-order valence-electron chi connectivity index (χ2n) is 4.73. The van der Waals surface area contributed by atoms with E-state index in [9.17, 15) is 0 Å². The Bertz CT molecular complexity index is 563. The lowest BCUT2D eigenvalue weighted by atomic mass is 10.3. The minimum absolute atomic E-state index is 0.756. The number of tetrazole rings is 1. The molecule has 0 aliphatic carbocycles. The minimum atomic E-state index is 0.756. The van der Waals surface area contributed by atoms with Crippen LogP contribution in [0, 0.1) is 0 Å². The molecule has 1 saturated heterocycles. The molecule has 0 spiro atoms. The summed E-state index contributed by atoms with van der Waals surface area (Å²) in [6, 6.07) is 7.74. The Morgan fingerprint density at radius 1 is 1.30 bits per heavy atom. The highest BCUT2D eigenvalue weighted by molar-refractivity contribution is 5.38. The van der Waals surface area contributed by atoms with Crippen molar-refractivity contribution in [3.63, 3.8) is 0 Å². The van der Waals surface area contributed by atoms with Crippen LogP contribution in [-0.2, 0) is 6.54 Å². The van der Waals surface area contributed by atoms with E-state index in [-0.39, 0.29) is 0 Å². The van der Waals surface area contributed by atoms with Gasteiger partial charge in [0.05, 0.1) is 19.3 Å². The monoisotopic (exact) mass is 274 g/mol. The maximum Gasteiger partial charge on any atom is 0.170 e. The Hall–Kier alpha value is -1.99. The highest BCUT2D eigenvalue weighted by Gasteiger charge is 2.15. The number of piperazine rings is 1. The van der Waals surface area contributed by atoms with Gasteiger partial charge in [0.1, 0.15) is 5.75 Å². The predicted octanol–water partition coefficient (Wildman–Crippen LogP) is 0.0761. The van der Waals surface area contributed by atoms with Gasteiger partial charge < -0.3 is 10.1 Å². The van der Waals surface area contributed by atoms with Gasteiger partial charge in [-0.05, 0) is 22.6 Å². The molecule has 106 valence electrons. The van der Waals surface area contributed by atoms with Crippen molar-refractivity contribution >= 4 is 0 Å². The molecule has 3 rings (SSSR count). The number of aromatic nitrogens is 4. The second kappa shape index (κ2) is 5.98. The first-order valence-corrected chi connectivity index (χ1v) is 6.71. The summed E-state index contributed by atoms with van der Waals surface area (Å²) in [5, 5.41) is 15.4. The van der Waals surface area contributed by atoms with Gasteiger partial charge in [-0.1, -0.05) is 6.07 Å². The molecular weight excluding hydrogens is 256 g/mol. The Morgan fingerprint density at radius 3 is 2.95 bits per heavy atom. The highest BCUT2D eigenvalue weighted by atomic mass is 16.5. The summed E-state index contributed by atoms with van der Waals surface area (Å²) in [5.41, 5.74) is 0.916. The molecule has 2 aromatic rings. The van der Waals surface area contributed by atoms with Gasteiger partial charge >= 0.3 is 0 Å². The maximum atomic E-state index is 5.24. The van der Waals surface area contributed by atoms with Crippen molar-refractivity contribution in [1.29, 1.82) is 0 Å². The molecule has 0 saturated carbocycles. The molecule has 2 heterocycles. The molecule has 1 aromatic heterocycles. The summed E-state index contributed by atoms with van der Waals surface area (Å²) in [5.74, 6) is 1.64. The van der Waals surface area contributed by atoms with Crippen LogP contribution in [0.4, 0.5) is 0 Å². The van der Waals surface area contributed by atoms with Crippen LogP contribution in [-0.4, -0.2) is 58.4 Å². The molecule has 0 unspecified atom stereocenters. The molecule has 0 amide bonds. The van der Waals surface area contributed by atoms with E-state index in [2.05, 4.69) is 25.7 Å². The van der Waals surface area contributed by atoms with E-state index in [4.69, 9.17) is 4.74 Å². The van der Waals surface area contributed by atoms with Crippen molar-refractivity contribution in [2.75, 3.05) is 33.3 Å². The first-order chi connectivity index (χ1) is 9.86. The fourth-order valence-electron chi connectivity index (χ4n) is 2.32. The SMILES string of the molecule is COc1cccc(-n2nnnc2CN2CCNCC2)c1. The van der Waals surface area contributed by atoms with E-state index in [0.717, 1.165) is 50.0 Å². The number of rotatable bonds is 4. The average Bonchev–Trinajstić information content (AvgIpc) is 2.96. The standard InChI is InChI=1S/C13H18N6O/c1-20-12-4-2-3-11(9-12)19-13(15-16-17-19)10-18-7-5-14-6-8-18/h2-4,9,14H,5-8,10H2,1H3. The summed E-state index contributed by atoms with van der Waals surface area (Å²) in [6.45, 7) is 4.82. The van der Waals surface area contributed by atoms with E-state index in [0.29, 0.717) is 0 Å². The average molecular weight is 274 g/mol. The van der Waals surface area contributed by atoms with Gasteiger partial charge in [0, 0.05) is 32.2 Å². The Kier molecular flexibility index (Phi) is 3.89. The summed E-state index contributed by atoms with van der Waals surface area (Å²) in [6.07, 6.45) is 0. The molecule has 1 aromatic carbocycles. The van der Waals surface area contributed by atoms with E-state index >= 15 is 0 Å². The van der Waals surface area contributed by atoms with E-state index in [1.807, 2.05) is 24.3 Å². The number of hydrogen-bond donors (Lipinski definition) is 1. The van der Waals surface area contributed by atoms with Gasteiger partial charge in [-0.25, -0.2) is 0 Å². The smallest absolute Gasteiger partial charge is 0.170 e. The molecule has 0 atom stereocenters. The van der Waals surface area contributed by atoms with Crippen molar-refractivity contribution < 1.29 is 4.74 Å². The van der Waals surface area contributed by atoms with Crippen LogP contribution in [0.15, 0.2) is 24.3 Å². The molecule has 0 radical (unpaired) electrons. The first kappa shape index (κ1) is 13.0. The topological polar surface area (TPSA) is 68.1 Å². The number of benzene rings is 1. The Labute approximate surface area is 117 Å². The van der Waals surface area contributed by atoms with Crippen LogP contribution in [0.3, 0.4) is 0 Å². The van der Waals surface area contributed by atoms with Crippen LogP contribution >= 0.6 is 0 Å². The third kappa shape index (κ3) is 2.78. The Morgan fingerprint density at radius 2 is 2.15 bits per heavy atom. The molecule has 1 aliphatic heterocycles. The zero-order valence-corrected chi connectivity index (χ0v) is 11.5. The third-order valence-corrected chi connectivity index (χ3v) is 3.41. The molecule has 1 N–H and O–H groups in total. The summed E-state index contributed by atoms with van der Waals surface area (Å²) < 4.78 is 7.01. The molecule has 7 nitrogen and oxygen atoms in total. The summed E-state index contributed by atoms with van der Waals surface area (Å²) >= 11 is 0. The molecular formula is C13H18N6O. The zero-order chi connectivity index (χ0) is 13.8. The minimum Gasteiger partial charge on any atom is -0.497 e. The lowest BCUT2D eigenvalue weighted by Crippen LogP contribution is -2.43. The summed E-state index contributed by atoms with van der Waals surface area (Å²) in [4.78, 5) is 2.35. The molecule has 20 heavy (non-hydrogen) atoms. The summed E-state index contributed by atoms with van der Waals surface area (Å²) in [7, 11) is 1.65. The van der Waals surface area contributed by atoms with Crippen molar-refractivity contribution in [1.82, 2.24) is 30.4 Å². The second-order valence-corrected chi connectivity index (χ2v) is 4.73. The number of nitrogens with zero attached hydrogens (tertiary/aromatic N) is 5. The Balaban J connectivity index is 1.81. The van der Waals surface area contributed by atoms with E-state index in [1.165, 1.54) is 0 Å². The van der Waals surface area contributed by atoms with Crippen molar-refractivity contribution in [2.45, 2.75) is 6.54 Å². The van der Waals surface area contributed by atoms with Gasteiger partial charge in [-0.15, -0.1) is 5.10 Å². The van der Waals surface area contributed by atoms with Crippen molar-refractivity contribution in [3.8, 4) is 11.4 Å². The van der Waals surface area contributed by atoms with Gasteiger partial charge in [0.15, 0.2) is 5.82 Å². The van der Waals surface area contributed by atoms with Gasteiger partial charge in [-0.3, -0.25) is 4.90 Å². The van der Waals surface area contributed by atoms with Crippen LogP contribution in [0.1, 0.15) is 5.82 Å². The fraction of sp³-hybridized carbons (Fsp3) is 0.462. The van der Waals surface area contributed by atoms with Crippen LogP contribution in [0.2, 0.25) is 0 Å². The van der Waals surface area contributed by atoms with Gasteiger partial charge in [-0.2, -0.15) is 4.68 Å². The number of nitrogens with one attached hydrogen (secondary N) is 1. The lowest BCUT2D eigenvalue weighted by Gasteiger charge is -2.26. The lowest BCUT2D eigenvalue weighted by molar-refractivity contribution is 0.226. The van der Waals surface area contributed by atoms with E-state index < -0.39 is 0 Å². The van der Waals surface area contributed by atoms with Gasteiger partial charge in [0.2, 0.25) is 0 Å². The van der Waals surface area contributed by atoms with E-state index in [1.54, 1.807) is 11.8 Å². The van der Waals surface area contributed by atoms with Crippen LogP contribution in [0.25, 0.3) is 5.69 Å². The molecule has 1 aliphatic rings. The third-order valence-electron chi connectivity index (χ3n) is 3.41. The molecule has 7 heteroatoms. The zero-order valence-electron chi connectivity index (χ0n) is 11.5. The predicted molar refractivity (Wildman–Crippen MR) is 73.9 cm³/mol. The van der Waals surface area contributed by atoms with Crippen LogP contribution < -0.4 is 10.1 Å². The fourth-order valence-corrected chi connectivity index (χ4v) is 2.32. The molecule has 1 fully saturated rings. The quantitative estimate of drug-likeness (QED) is 0.851. The highest BCUT2D eigenvalue weighted by Crippen LogP contribution is 2.16. The van der Waals surface area contributed by atoms with Crippen molar-refractivity contribution in [3.05, 3.63) is 30.1 Å². The molecule has 0 bridgehead atoms.